The third kappa shape index (κ3) is 4.80. The van der Waals surface area contributed by atoms with E-state index in [1.807, 2.05) is 13.8 Å². The van der Waals surface area contributed by atoms with Gasteiger partial charge >= 0.3 is 5.88 Å². The van der Waals surface area contributed by atoms with Gasteiger partial charge in [-0.3, -0.25) is 14.9 Å². The van der Waals surface area contributed by atoms with Crippen molar-refractivity contribution in [2.75, 3.05) is 7.11 Å². The summed E-state index contributed by atoms with van der Waals surface area (Å²) in [7, 11) is 1.48. The fourth-order valence-electron chi connectivity index (χ4n) is 1.89. The molecule has 1 N–H and O–H groups in total. The van der Waals surface area contributed by atoms with Gasteiger partial charge < -0.3 is 13.9 Å². The second-order valence-electron chi connectivity index (χ2n) is 5.16. The first-order valence-corrected chi connectivity index (χ1v) is 7.33. The molecule has 1 heterocycles. The van der Waals surface area contributed by atoms with Crippen LogP contribution in [0.15, 0.2) is 39.9 Å². The number of benzene rings is 1. The van der Waals surface area contributed by atoms with Gasteiger partial charge in [0, 0.05) is 5.56 Å². The van der Waals surface area contributed by atoms with E-state index in [4.69, 9.17) is 13.9 Å². The fourth-order valence-corrected chi connectivity index (χ4v) is 1.89. The third-order valence-electron chi connectivity index (χ3n) is 2.94. The predicted octanol–water partition coefficient (Wildman–Crippen LogP) is 2.75. The molecule has 0 radical (unpaired) electrons. The minimum Gasteiger partial charge on any atom is -0.493 e. The molecule has 0 fully saturated rings. The van der Waals surface area contributed by atoms with Crippen molar-refractivity contribution < 1.29 is 23.6 Å². The average molecular weight is 347 g/mol. The van der Waals surface area contributed by atoms with Crippen LogP contribution in [0.3, 0.4) is 0 Å². The quantitative estimate of drug-likeness (QED) is 0.468. The number of ether oxygens (including phenoxy) is 2. The first kappa shape index (κ1) is 18.0. The molecule has 1 aromatic carbocycles. The summed E-state index contributed by atoms with van der Waals surface area (Å²) in [5.74, 6) is 0.211. The van der Waals surface area contributed by atoms with E-state index >= 15 is 0 Å². The minimum atomic E-state index is -0.664. The highest BCUT2D eigenvalue weighted by Crippen LogP contribution is 2.28. The Morgan fingerprint density at radius 1 is 1.32 bits per heavy atom. The Morgan fingerprint density at radius 2 is 2.08 bits per heavy atom. The summed E-state index contributed by atoms with van der Waals surface area (Å²) in [4.78, 5) is 21.9. The number of hydrogen-bond donors (Lipinski definition) is 1. The molecule has 2 rings (SSSR count). The molecule has 0 bridgehead atoms. The molecule has 1 amide bonds. The number of nitrogens with zero attached hydrogens (tertiary/aromatic N) is 2. The number of furan rings is 1. The minimum absolute atomic E-state index is 0.0319. The topological polar surface area (TPSA) is 116 Å². The van der Waals surface area contributed by atoms with Gasteiger partial charge in [0.2, 0.25) is 0 Å². The number of carbonyl (C=O) groups is 1. The van der Waals surface area contributed by atoms with Crippen LogP contribution in [0.2, 0.25) is 0 Å². The molecule has 0 spiro atoms. The number of rotatable bonds is 7. The van der Waals surface area contributed by atoms with Crippen molar-refractivity contribution in [2.24, 2.45) is 5.10 Å². The van der Waals surface area contributed by atoms with Gasteiger partial charge in [0.25, 0.3) is 5.91 Å². The molecule has 2 aromatic rings. The van der Waals surface area contributed by atoms with Gasteiger partial charge in [0.1, 0.15) is 4.92 Å². The summed E-state index contributed by atoms with van der Waals surface area (Å²) < 4.78 is 15.7. The first-order chi connectivity index (χ1) is 11.9. The maximum Gasteiger partial charge on any atom is 0.433 e. The zero-order valence-electron chi connectivity index (χ0n) is 13.9. The van der Waals surface area contributed by atoms with E-state index in [1.165, 1.54) is 31.5 Å². The van der Waals surface area contributed by atoms with E-state index in [1.54, 1.807) is 12.1 Å². The molecule has 1 aromatic heterocycles. The molecule has 0 saturated carbocycles. The number of carbonyl (C=O) groups excluding carboxylic acids is 1. The smallest absolute Gasteiger partial charge is 0.433 e. The summed E-state index contributed by atoms with van der Waals surface area (Å²) in [5, 5.41) is 14.2. The van der Waals surface area contributed by atoms with Crippen molar-refractivity contribution in [1.29, 1.82) is 0 Å². The Balaban J connectivity index is 2.04. The van der Waals surface area contributed by atoms with Crippen LogP contribution in [0.4, 0.5) is 5.88 Å². The molecule has 0 aliphatic heterocycles. The zero-order valence-corrected chi connectivity index (χ0v) is 13.9. The second kappa shape index (κ2) is 7.95. The van der Waals surface area contributed by atoms with Crippen LogP contribution in [0.1, 0.15) is 30.0 Å². The lowest BCUT2D eigenvalue weighted by Gasteiger charge is -2.14. The van der Waals surface area contributed by atoms with Gasteiger partial charge in [-0.15, -0.1) is 0 Å². The summed E-state index contributed by atoms with van der Waals surface area (Å²) in [6.07, 6.45) is 1.13. The van der Waals surface area contributed by atoms with E-state index in [0.29, 0.717) is 17.1 Å². The lowest BCUT2D eigenvalue weighted by atomic mass is 10.2. The summed E-state index contributed by atoms with van der Waals surface area (Å²) in [5.41, 5.74) is 2.62. The summed E-state index contributed by atoms with van der Waals surface area (Å²) in [6, 6.07) is 7.30. The standard InChI is InChI=1S/C16H17N3O6/c1-10(2)24-13-6-4-11(8-14(13)23-3)16(20)18-17-9-12-5-7-15(25-12)19(21)22/h4-10H,1-3H3,(H,18,20). The Morgan fingerprint density at radius 3 is 2.68 bits per heavy atom. The summed E-state index contributed by atoms with van der Waals surface area (Å²) >= 11 is 0. The van der Waals surface area contributed by atoms with Crippen LogP contribution >= 0.6 is 0 Å². The van der Waals surface area contributed by atoms with Crippen molar-refractivity contribution >= 4 is 18.0 Å². The maximum absolute atomic E-state index is 12.1. The second-order valence-corrected chi connectivity index (χ2v) is 5.16. The van der Waals surface area contributed by atoms with E-state index in [0.717, 1.165) is 0 Å². The van der Waals surface area contributed by atoms with Crippen molar-refractivity contribution in [1.82, 2.24) is 5.43 Å². The molecule has 0 atom stereocenters. The van der Waals surface area contributed by atoms with Gasteiger partial charge in [-0.05, 0) is 38.1 Å². The fraction of sp³-hybridized carbons (Fsp3) is 0.250. The van der Waals surface area contributed by atoms with Crippen LogP contribution in [-0.4, -0.2) is 30.3 Å². The number of amides is 1. The largest absolute Gasteiger partial charge is 0.493 e. The van der Waals surface area contributed by atoms with Crippen molar-refractivity contribution in [2.45, 2.75) is 20.0 Å². The number of methoxy groups -OCH3 is 1. The molecule has 9 nitrogen and oxygen atoms in total. The normalized spacial score (nSPS) is 10.9. The SMILES string of the molecule is COc1cc(C(=O)NN=Cc2ccc([N+](=O)[O-])o2)ccc1OC(C)C. The summed E-state index contributed by atoms with van der Waals surface area (Å²) in [6.45, 7) is 3.77. The Kier molecular flexibility index (Phi) is 5.72. The molecule has 132 valence electrons. The third-order valence-corrected chi connectivity index (χ3v) is 2.94. The Labute approximate surface area is 143 Å². The van der Waals surface area contributed by atoms with Crippen LogP contribution in [-0.2, 0) is 0 Å². The van der Waals surface area contributed by atoms with E-state index in [2.05, 4.69) is 10.5 Å². The van der Waals surface area contributed by atoms with Crippen molar-refractivity contribution in [3.05, 3.63) is 51.8 Å². The molecular formula is C16H17N3O6. The monoisotopic (exact) mass is 347 g/mol. The highest BCUT2D eigenvalue weighted by Gasteiger charge is 2.12. The Hall–Kier alpha value is -3.36. The van der Waals surface area contributed by atoms with Gasteiger partial charge in [0.15, 0.2) is 17.3 Å². The van der Waals surface area contributed by atoms with Gasteiger partial charge in [0.05, 0.1) is 25.5 Å². The lowest BCUT2D eigenvalue weighted by Crippen LogP contribution is -2.17. The van der Waals surface area contributed by atoms with Crippen molar-refractivity contribution in [3.8, 4) is 11.5 Å². The van der Waals surface area contributed by atoms with Gasteiger partial charge in [-0.1, -0.05) is 0 Å². The number of hydrazone groups is 1. The predicted molar refractivity (Wildman–Crippen MR) is 89.2 cm³/mol. The molecule has 25 heavy (non-hydrogen) atoms. The van der Waals surface area contributed by atoms with E-state index in [-0.39, 0.29) is 11.9 Å². The number of hydrogen-bond acceptors (Lipinski definition) is 7. The molecule has 0 aliphatic rings. The van der Waals surface area contributed by atoms with Crippen LogP contribution in [0.5, 0.6) is 11.5 Å². The molecule has 0 unspecified atom stereocenters. The molecule has 9 heteroatoms. The van der Waals surface area contributed by atoms with E-state index in [9.17, 15) is 14.9 Å². The highest BCUT2D eigenvalue weighted by molar-refractivity contribution is 5.95. The average Bonchev–Trinajstić information content (AvgIpc) is 3.03. The number of nitro groups is 1. The Bertz CT molecular complexity index is 797. The first-order valence-electron chi connectivity index (χ1n) is 7.33. The van der Waals surface area contributed by atoms with Crippen molar-refractivity contribution in [3.63, 3.8) is 0 Å². The van der Waals surface area contributed by atoms with Crippen LogP contribution < -0.4 is 14.9 Å². The van der Waals surface area contributed by atoms with Gasteiger partial charge in [-0.2, -0.15) is 5.10 Å². The molecule has 0 aliphatic carbocycles. The zero-order chi connectivity index (χ0) is 18.4. The highest BCUT2D eigenvalue weighted by atomic mass is 16.6. The van der Waals surface area contributed by atoms with Crippen LogP contribution in [0, 0.1) is 10.1 Å². The van der Waals surface area contributed by atoms with E-state index < -0.39 is 16.7 Å². The molecule has 0 saturated heterocycles. The lowest BCUT2D eigenvalue weighted by molar-refractivity contribution is -0.402. The number of nitrogens with one attached hydrogen (secondary N) is 1. The van der Waals surface area contributed by atoms with Gasteiger partial charge in [-0.25, -0.2) is 5.43 Å². The molecular weight excluding hydrogens is 330 g/mol. The van der Waals surface area contributed by atoms with Crippen LogP contribution in [0.25, 0.3) is 0 Å². The maximum atomic E-state index is 12.1.